The summed E-state index contributed by atoms with van der Waals surface area (Å²) in [5, 5.41) is 4.55. The van der Waals surface area contributed by atoms with Crippen molar-refractivity contribution in [3.8, 4) is 0 Å². The monoisotopic (exact) mass is 410 g/mol. The molecule has 0 spiro atoms. The predicted octanol–water partition coefficient (Wildman–Crippen LogP) is 3.34. The van der Waals surface area contributed by atoms with Crippen LogP contribution in [-0.4, -0.2) is 36.7 Å². The lowest BCUT2D eigenvalue weighted by atomic mass is 10.2. The molecule has 0 amide bonds. The van der Waals surface area contributed by atoms with Crippen LogP contribution in [0.3, 0.4) is 0 Å². The molecule has 4 rings (SSSR count). The third-order valence-electron chi connectivity index (χ3n) is 5.38. The third kappa shape index (κ3) is 3.68. The fourth-order valence-corrected chi connectivity index (χ4v) is 5.92. The lowest BCUT2D eigenvalue weighted by Gasteiger charge is -2.20. The number of fused-ring (bicyclic) bond motifs is 1. The van der Waals surface area contributed by atoms with E-state index in [0.29, 0.717) is 29.5 Å². The number of benzene rings is 2. The Hall–Kier alpha value is -2.64. The summed E-state index contributed by atoms with van der Waals surface area (Å²) < 4.78 is 30.3. The van der Waals surface area contributed by atoms with Crippen LogP contribution >= 0.6 is 0 Å². The minimum atomic E-state index is -3.66. The molecule has 0 aliphatic carbocycles. The van der Waals surface area contributed by atoms with Gasteiger partial charge in [-0.3, -0.25) is 13.9 Å². The van der Waals surface area contributed by atoms with Crippen LogP contribution in [0.15, 0.2) is 59.5 Å². The van der Waals surface area contributed by atoms with E-state index < -0.39 is 10.0 Å². The number of rotatable bonds is 6. The van der Waals surface area contributed by atoms with Crippen molar-refractivity contribution < 1.29 is 8.42 Å². The number of hydrogen-bond acceptors (Lipinski definition) is 4. The molecular formula is C22H26N4O2S. The van der Waals surface area contributed by atoms with Crippen molar-refractivity contribution in [1.29, 1.82) is 0 Å². The van der Waals surface area contributed by atoms with Gasteiger partial charge < -0.3 is 0 Å². The zero-order chi connectivity index (χ0) is 20.6. The second-order valence-electron chi connectivity index (χ2n) is 7.60. The van der Waals surface area contributed by atoms with E-state index in [-0.39, 0.29) is 0 Å². The van der Waals surface area contributed by atoms with Crippen molar-refractivity contribution >= 4 is 15.7 Å². The van der Waals surface area contributed by atoms with Crippen molar-refractivity contribution in [2.24, 2.45) is 0 Å². The van der Waals surface area contributed by atoms with Crippen molar-refractivity contribution in [3.63, 3.8) is 0 Å². The highest BCUT2D eigenvalue weighted by molar-refractivity contribution is 7.93. The molecule has 1 aliphatic heterocycles. The lowest BCUT2D eigenvalue weighted by molar-refractivity contribution is 0.243. The predicted molar refractivity (Wildman–Crippen MR) is 114 cm³/mol. The Labute approximate surface area is 172 Å². The first-order valence-electron chi connectivity index (χ1n) is 9.75. The molecule has 0 unspecified atom stereocenters. The van der Waals surface area contributed by atoms with Crippen molar-refractivity contribution in [2.45, 2.75) is 38.4 Å². The van der Waals surface area contributed by atoms with Gasteiger partial charge in [-0.15, -0.1) is 0 Å². The van der Waals surface area contributed by atoms with Crippen LogP contribution in [-0.2, 0) is 29.7 Å². The molecular weight excluding hydrogens is 384 g/mol. The zero-order valence-electron chi connectivity index (χ0n) is 17.0. The summed E-state index contributed by atoms with van der Waals surface area (Å²) >= 11 is 0. The maximum Gasteiger partial charge on any atom is 0.268 e. The van der Waals surface area contributed by atoms with Crippen LogP contribution in [0.1, 0.15) is 22.5 Å². The van der Waals surface area contributed by atoms with E-state index in [1.54, 1.807) is 11.6 Å². The summed E-state index contributed by atoms with van der Waals surface area (Å²) in [5.74, 6) is 0. The maximum atomic E-state index is 13.5. The number of anilines is 1. The molecule has 2 aromatic carbocycles. The smallest absolute Gasteiger partial charge is 0.268 e. The highest BCUT2D eigenvalue weighted by atomic mass is 32.2. The molecule has 152 valence electrons. The van der Waals surface area contributed by atoms with E-state index in [4.69, 9.17) is 0 Å². The molecule has 0 N–H and O–H groups in total. The van der Waals surface area contributed by atoms with Crippen LogP contribution in [0.2, 0.25) is 0 Å². The van der Waals surface area contributed by atoms with Gasteiger partial charge in [0.25, 0.3) is 10.0 Å². The molecule has 0 fully saturated rings. The topological polar surface area (TPSA) is 58.4 Å². The number of sulfonamides is 1. The van der Waals surface area contributed by atoms with E-state index in [0.717, 1.165) is 24.2 Å². The first kappa shape index (κ1) is 19.7. The van der Waals surface area contributed by atoms with E-state index in [2.05, 4.69) is 22.1 Å². The highest BCUT2D eigenvalue weighted by Gasteiger charge is 2.34. The number of nitrogens with zero attached hydrogens (tertiary/aromatic N) is 4. The summed E-state index contributed by atoms with van der Waals surface area (Å²) in [7, 11) is -1.65. The van der Waals surface area contributed by atoms with Crippen molar-refractivity contribution in [3.05, 3.63) is 77.1 Å². The minimum absolute atomic E-state index is 0.322. The lowest BCUT2D eigenvalue weighted by Crippen LogP contribution is -2.30. The molecule has 0 atom stereocenters. The fraction of sp³-hybridized carbons (Fsp3) is 0.318. The fourth-order valence-electron chi connectivity index (χ4n) is 4.03. The highest BCUT2D eigenvalue weighted by Crippen LogP contribution is 2.34. The molecule has 1 aliphatic rings. The Morgan fingerprint density at radius 2 is 1.72 bits per heavy atom. The van der Waals surface area contributed by atoms with Gasteiger partial charge >= 0.3 is 0 Å². The third-order valence-corrected chi connectivity index (χ3v) is 7.44. The van der Waals surface area contributed by atoms with Crippen molar-refractivity contribution in [1.82, 2.24) is 14.7 Å². The summed E-state index contributed by atoms with van der Waals surface area (Å²) in [6.07, 6.45) is 0.738. The Balaban J connectivity index is 1.60. The zero-order valence-corrected chi connectivity index (χ0v) is 17.9. The van der Waals surface area contributed by atoms with Gasteiger partial charge in [-0.05, 0) is 44.5 Å². The van der Waals surface area contributed by atoms with Crippen LogP contribution in [0, 0.1) is 13.8 Å². The van der Waals surface area contributed by atoms with Gasteiger partial charge in [0.2, 0.25) is 0 Å². The summed E-state index contributed by atoms with van der Waals surface area (Å²) in [6, 6.07) is 17.9. The van der Waals surface area contributed by atoms with Gasteiger partial charge in [0.05, 0.1) is 23.7 Å². The summed E-state index contributed by atoms with van der Waals surface area (Å²) in [6.45, 7) is 5.37. The van der Waals surface area contributed by atoms with Gasteiger partial charge in [-0.2, -0.15) is 5.10 Å². The average molecular weight is 411 g/mol. The molecule has 6 nitrogen and oxygen atoms in total. The first-order chi connectivity index (χ1) is 13.9. The van der Waals surface area contributed by atoms with Crippen molar-refractivity contribution in [2.75, 3.05) is 17.9 Å². The van der Waals surface area contributed by atoms with Gasteiger partial charge in [0.15, 0.2) is 0 Å². The molecule has 3 aromatic rings. The van der Waals surface area contributed by atoms with Gasteiger partial charge in [-0.25, -0.2) is 8.42 Å². The van der Waals surface area contributed by atoms with Gasteiger partial charge in [0, 0.05) is 13.1 Å². The summed E-state index contributed by atoms with van der Waals surface area (Å²) in [5.41, 5.74) is 4.27. The van der Waals surface area contributed by atoms with E-state index in [9.17, 15) is 8.42 Å². The second kappa shape index (κ2) is 7.65. The quantitative estimate of drug-likeness (QED) is 0.625. The van der Waals surface area contributed by atoms with Crippen LogP contribution < -0.4 is 4.31 Å². The number of para-hydroxylation sites is 1. The molecule has 0 saturated carbocycles. The number of hydrogen-bond donors (Lipinski definition) is 0. The second-order valence-corrected chi connectivity index (χ2v) is 9.40. The Kier molecular flexibility index (Phi) is 5.19. The van der Waals surface area contributed by atoms with Crippen LogP contribution in [0.25, 0.3) is 0 Å². The Morgan fingerprint density at radius 3 is 2.48 bits per heavy atom. The molecule has 2 heterocycles. The number of aromatic nitrogens is 2. The molecule has 7 heteroatoms. The molecule has 0 radical (unpaired) electrons. The maximum absolute atomic E-state index is 13.5. The average Bonchev–Trinajstić information content (AvgIpc) is 3.24. The standard InChI is InChI=1S/C22H26N4O2S/c1-17-22(29(27,28)26-14-13-20-11-7-8-12-21(20)26)18(2)25(23-17)16-24(3)15-19-9-5-4-6-10-19/h4-12H,13-16H2,1-3H3. The van der Waals surface area contributed by atoms with Crippen LogP contribution in [0.4, 0.5) is 5.69 Å². The van der Waals surface area contributed by atoms with E-state index in [1.807, 2.05) is 56.4 Å². The van der Waals surface area contributed by atoms with Gasteiger partial charge in [0.1, 0.15) is 4.90 Å². The van der Waals surface area contributed by atoms with E-state index in [1.165, 1.54) is 9.87 Å². The SMILES string of the molecule is Cc1nn(CN(C)Cc2ccccc2)c(C)c1S(=O)(=O)N1CCc2ccccc21. The minimum Gasteiger partial charge on any atom is -0.283 e. The first-order valence-corrected chi connectivity index (χ1v) is 11.2. The van der Waals surface area contributed by atoms with E-state index >= 15 is 0 Å². The largest absolute Gasteiger partial charge is 0.283 e. The van der Waals surface area contributed by atoms with Gasteiger partial charge in [-0.1, -0.05) is 48.5 Å². The molecule has 1 aromatic heterocycles. The molecule has 0 saturated heterocycles. The Morgan fingerprint density at radius 1 is 1.03 bits per heavy atom. The summed E-state index contributed by atoms with van der Waals surface area (Å²) in [4.78, 5) is 2.44. The normalized spacial score (nSPS) is 13.9. The van der Waals surface area contributed by atoms with Crippen LogP contribution in [0.5, 0.6) is 0 Å². The molecule has 0 bridgehead atoms. The molecule has 29 heavy (non-hydrogen) atoms. The number of aryl methyl sites for hydroxylation is 1. The Bertz CT molecular complexity index is 1120.